The first-order chi connectivity index (χ1) is 8.02. The van der Waals surface area contributed by atoms with Crippen LogP contribution in [0.25, 0.3) is 11.3 Å². The summed E-state index contributed by atoms with van der Waals surface area (Å²) in [4.78, 5) is 27.3. The second kappa shape index (κ2) is 4.21. The molecule has 0 spiro atoms. The van der Waals surface area contributed by atoms with E-state index in [-0.39, 0.29) is 5.78 Å². The highest BCUT2D eigenvalue weighted by Gasteiger charge is 2.19. The van der Waals surface area contributed by atoms with Crippen LogP contribution in [0, 0.1) is 6.92 Å². The fourth-order valence-electron chi connectivity index (χ4n) is 1.62. The minimum atomic E-state index is -0.0497. The molecule has 0 aromatic carbocycles. The topological polar surface area (TPSA) is 64.8 Å². The maximum Gasteiger partial charge on any atom is 0.172 e. The Kier molecular flexibility index (Phi) is 2.89. The Labute approximate surface area is 102 Å². The van der Waals surface area contributed by atoms with Crippen LogP contribution in [-0.4, -0.2) is 26.8 Å². The van der Waals surface area contributed by atoms with Crippen LogP contribution < -0.4 is 0 Å². The summed E-state index contributed by atoms with van der Waals surface area (Å²) in [6.45, 7) is 3.32. The molecule has 2 heterocycles. The molecule has 0 aliphatic rings. The highest BCUT2D eigenvalue weighted by atomic mass is 32.1. The van der Waals surface area contributed by atoms with Gasteiger partial charge in [-0.3, -0.25) is 14.3 Å². The lowest BCUT2D eigenvalue weighted by Gasteiger charge is -1.95. The van der Waals surface area contributed by atoms with E-state index in [0.717, 1.165) is 5.01 Å². The van der Waals surface area contributed by atoms with Gasteiger partial charge in [-0.25, -0.2) is 4.98 Å². The lowest BCUT2D eigenvalue weighted by molar-refractivity contribution is 0.102. The fourth-order valence-corrected chi connectivity index (χ4v) is 2.45. The number of aryl methyl sites for hydroxylation is 2. The number of thiazole rings is 1. The van der Waals surface area contributed by atoms with Gasteiger partial charge in [0, 0.05) is 20.2 Å². The van der Waals surface area contributed by atoms with Crippen molar-refractivity contribution in [3.05, 3.63) is 21.8 Å². The predicted molar refractivity (Wildman–Crippen MR) is 64.4 cm³/mol. The summed E-state index contributed by atoms with van der Waals surface area (Å²) in [7, 11) is 1.73. The van der Waals surface area contributed by atoms with E-state index in [1.54, 1.807) is 13.2 Å². The van der Waals surface area contributed by atoms with Crippen molar-refractivity contribution in [1.29, 1.82) is 0 Å². The van der Waals surface area contributed by atoms with Crippen LogP contribution in [0.4, 0.5) is 0 Å². The number of nitrogens with zero attached hydrogens (tertiary/aromatic N) is 3. The van der Waals surface area contributed by atoms with E-state index < -0.39 is 0 Å². The molecule has 88 valence electrons. The van der Waals surface area contributed by atoms with Crippen LogP contribution in [-0.2, 0) is 7.05 Å². The van der Waals surface area contributed by atoms with E-state index in [2.05, 4.69) is 10.1 Å². The summed E-state index contributed by atoms with van der Waals surface area (Å²) in [5, 5.41) is 4.81. The number of ketones is 1. The first-order valence-corrected chi connectivity index (χ1v) is 5.82. The monoisotopic (exact) mass is 249 g/mol. The summed E-state index contributed by atoms with van der Waals surface area (Å²) in [5.74, 6) is -0.0497. The van der Waals surface area contributed by atoms with Gasteiger partial charge in [0.2, 0.25) is 0 Å². The molecular weight excluding hydrogens is 238 g/mol. The van der Waals surface area contributed by atoms with E-state index in [1.165, 1.54) is 22.9 Å². The molecule has 0 radical (unpaired) electrons. The number of aldehydes is 1. The van der Waals surface area contributed by atoms with Crippen molar-refractivity contribution in [1.82, 2.24) is 14.8 Å². The fraction of sp³-hybridized carbons (Fsp3) is 0.273. The van der Waals surface area contributed by atoms with Crippen LogP contribution in [0.15, 0.2) is 6.20 Å². The molecule has 0 saturated carbocycles. The predicted octanol–water partition coefficient (Wildman–Crippen LogP) is 1.87. The molecule has 6 heteroatoms. The molecule has 0 aliphatic heterocycles. The molecule has 0 amide bonds. The molecule has 0 fully saturated rings. The van der Waals surface area contributed by atoms with Crippen molar-refractivity contribution >= 4 is 23.4 Å². The van der Waals surface area contributed by atoms with Crippen molar-refractivity contribution in [3.8, 4) is 11.3 Å². The molecule has 2 aromatic rings. The maximum absolute atomic E-state index is 11.5. The second-order valence-corrected chi connectivity index (χ2v) is 4.89. The van der Waals surface area contributed by atoms with Crippen molar-refractivity contribution < 1.29 is 9.59 Å². The van der Waals surface area contributed by atoms with Crippen molar-refractivity contribution in [2.75, 3.05) is 0 Å². The van der Waals surface area contributed by atoms with Crippen LogP contribution in [0.3, 0.4) is 0 Å². The quantitative estimate of drug-likeness (QED) is 0.615. The summed E-state index contributed by atoms with van der Waals surface area (Å²) in [6.07, 6.45) is 2.37. The molecule has 2 aromatic heterocycles. The zero-order chi connectivity index (χ0) is 12.6. The highest BCUT2D eigenvalue weighted by Crippen LogP contribution is 2.29. The first-order valence-electron chi connectivity index (χ1n) is 5.00. The lowest BCUT2D eigenvalue weighted by atomic mass is 10.1. The second-order valence-electron chi connectivity index (χ2n) is 3.69. The van der Waals surface area contributed by atoms with Crippen LogP contribution in [0.1, 0.15) is 32.1 Å². The number of carbonyl (C=O) groups excluding carboxylic acids is 2. The number of aromatic nitrogens is 3. The Morgan fingerprint density at radius 1 is 1.53 bits per heavy atom. The van der Waals surface area contributed by atoms with Gasteiger partial charge < -0.3 is 0 Å². The number of hydrogen-bond acceptors (Lipinski definition) is 5. The minimum Gasteiger partial charge on any atom is -0.296 e. The molecule has 0 unspecified atom stereocenters. The smallest absolute Gasteiger partial charge is 0.172 e. The Bertz CT molecular complexity index is 598. The standard InChI is InChI=1S/C11H11N3O2S/c1-6(16)11-10(12-7(2)17-11)8-4-14(3)13-9(8)5-15/h4-5H,1-3H3. The largest absolute Gasteiger partial charge is 0.296 e. The van der Waals surface area contributed by atoms with E-state index >= 15 is 0 Å². The van der Waals surface area contributed by atoms with Gasteiger partial charge in [0.15, 0.2) is 12.1 Å². The average Bonchev–Trinajstić information content (AvgIpc) is 2.81. The van der Waals surface area contributed by atoms with Gasteiger partial charge in [0.1, 0.15) is 5.69 Å². The van der Waals surface area contributed by atoms with Crippen molar-refractivity contribution in [3.63, 3.8) is 0 Å². The summed E-state index contributed by atoms with van der Waals surface area (Å²) in [5.41, 5.74) is 1.47. The van der Waals surface area contributed by atoms with E-state index in [1.807, 2.05) is 6.92 Å². The Balaban J connectivity index is 2.67. The van der Waals surface area contributed by atoms with Gasteiger partial charge in [-0.2, -0.15) is 5.10 Å². The van der Waals surface area contributed by atoms with Crippen LogP contribution in [0.5, 0.6) is 0 Å². The Hall–Kier alpha value is -1.82. The first kappa shape index (κ1) is 11.7. The normalized spacial score (nSPS) is 10.5. The number of carbonyl (C=O) groups is 2. The van der Waals surface area contributed by atoms with Crippen LogP contribution in [0.2, 0.25) is 0 Å². The van der Waals surface area contributed by atoms with Crippen molar-refractivity contribution in [2.45, 2.75) is 13.8 Å². The average molecular weight is 249 g/mol. The van der Waals surface area contributed by atoms with Gasteiger partial charge in [0.05, 0.1) is 21.1 Å². The molecule has 2 rings (SSSR count). The lowest BCUT2D eigenvalue weighted by Crippen LogP contribution is -1.93. The number of Topliss-reactive ketones (excluding diaryl/α,β-unsaturated/α-hetero) is 1. The van der Waals surface area contributed by atoms with Crippen molar-refractivity contribution in [2.24, 2.45) is 7.05 Å². The molecule has 0 bridgehead atoms. The zero-order valence-corrected chi connectivity index (χ0v) is 10.5. The van der Waals surface area contributed by atoms with Crippen LogP contribution >= 0.6 is 11.3 Å². The molecule has 5 nitrogen and oxygen atoms in total. The summed E-state index contributed by atoms with van der Waals surface area (Å²) in [6, 6.07) is 0. The number of rotatable bonds is 3. The minimum absolute atomic E-state index is 0.0497. The van der Waals surface area contributed by atoms with Gasteiger partial charge in [0.25, 0.3) is 0 Å². The van der Waals surface area contributed by atoms with E-state index in [9.17, 15) is 9.59 Å². The third-order valence-corrected chi connectivity index (χ3v) is 3.35. The zero-order valence-electron chi connectivity index (χ0n) is 9.72. The molecule has 0 saturated heterocycles. The van der Waals surface area contributed by atoms with E-state index in [4.69, 9.17) is 0 Å². The maximum atomic E-state index is 11.5. The van der Waals surface area contributed by atoms with Gasteiger partial charge in [-0.05, 0) is 6.92 Å². The Morgan fingerprint density at radius 2 is 2.24 bits per heavy atom. The molecular formula is C11H11N3O2S. The third-order valence-electron chi connectivity index (χ3n) is 2.28. The van der Waals surface area contributed by atoms with Gasteiger partial charge >= 0.3 is 0 Å². The summed E-state index contributed by atoms with van der Waals surface area (Å²) >= 11 is 1.33. The molecule has 0 aliphatic carbocycles. The molecule has 0 atom stereocenters. The Morgan fingerprint density at radius 3 is 2.82 bits per heavy atom. The molecule has 17 heavy (non-hydrogen) atoms. The summed E-state index contributed by atoms with van der Waals surface area (Å²) < 4.78 is 1.54. The third kappa shape index (κ3) is 2.03. The number of hydrogen-bond donors (Lipinski definition) is 0. The SMILES string of the molecule is CC(=O)c1sc(C)nc1-c1cn(C)nc1C=O. The van der Waals surface area contributed by atoms with Gasteiger partial charge in [-0.1, -0.05) is 0 Å². The van der Waals surface area contributed by atoms with Gasteiger partial charge in [-0.15, -0.1) is 11.3 Å². The highest BCUT2D eigenvalue weighted by molar-refractivity contribution is 7.14. The molecule has 0 N–H and O–H groups in total. The van der Waals surface area contributed by atoms with E-state index in [0.29, 0.717) is 28.1 Å².